The third-order valence-electron chi connectivity index (χ3n) is 2.20. The van der Waals surface area contributed by atoms with Crippen molar-refractivity contribution in [3.63, 3.8) is 0 Å². The van der Waals surface area contributed by atoms with Gasteiger partial charge >= 0.3 is 0 Å². The van der Waals surface area contributed by atoms with Crippen molar-refractivity contribution in [1.29, 1.82) is 0 Å². The number of aromatic nitrogens is 1. The van der Waals surface area contributed by atoms with E-state index in [2.05, 4.69) is 10.3 Å². The van der Waals surface area contributed by atoms with Crippen LogP contribution in [0.5, 0.6) is 0 Å². The number of carbonyl (C=O) groups excluding carboxylic acids is 1. The Labute approximate surface area is 96.3 Å². The number of nitrogens with two attached hydrogens (primary N) is 1. The number of hydrogen-bond acceptors (Lipinski definition) is 3. The number of nitrogens with zero attached hydrogens (tertiary/aromatic N) is 1. The Hall–Kier alpha value is -1.58. The monoisotopic (exact) mass is 221 g/mol. The Morgan fingerprint density at radius 3 is 2.75 bits per heavy atom. The zero-order valence-electron chi connectivity index (χ0n) is 10.1. The molecule has 1 heterocycles. The van der Waals surface area contributed by atoms with Crippen molar-refractivity contribution < 1.29 is 4.79 Å². The zero-order valence-corrected chi connectivity index (χ0v) is 10.1. The van der Waals surface area contributed by atoms with Gasteiger partial charge in [-0.3, -0.25) is 4.79 Å². The minimum atomic E-state index is 0.0243. The van der Waals surface area contributed by atoms with E-state index in [-0.39, 0.29) is 5.91 Å². The van der Waals surface area contributed by atoms with Crippen LogP contribution in [0.4, 0.5) is 11.5 Å². The van der Waals surface area contributed by atoms with Gasteiger partial charge < -0.3 is 11.1 Å². The molecule has 0 aliphatic carbocycles. The van der Waals surface area contributed by atoms with Gasteiger partial charge in [0.2, 0.25) is 5.91 Å². The van der Waals surface area contributed by atoms with Gasteiger partial charge in [0.1, 0.15) is 5.82 Å². The van der Waals surface area contributed by atoms with Gasteiger partial charge in [-0.15, -0.1) is 0 Å². The van der Waals surface area contributed by atoms with E-state index in [1.165, 1.54) is 0 Å². The number of nitrogens with one attached hydrogen (secondary N) is 1. The molecule has 0 saturated carbocycles. The third kappa shape index (κ3) is 3.53. The van der Waals surface area contributed by atoms with Gasteiger partial charge in [-0.1, -0.05) is 20.8 Å². The number of amides is 1. The van der Waals surface area contributed by atoms with E-state index in [0.717, 1.165) is 17.8 Å². The summed E-state index contributed by atoms with van der Waals surface area (Å²) in [7, 11) is 0. The molecular weight excluding hydrogens is 202 g/mol. The lowest BCUT2D eigenvalue weighted by Crippen LogP contribution is -2.15. The highest BCUT2D eigenvalue weighted by atomic mass is 16.1. The molecule has 1 amide bonds. The topological polar surface area (TPSA) is 68.0 Å². The minimum absolute atomic E-state index is 0.0243. The number of hydrogen-bond donors (Lipinski definition) is 2. The molecule has 4 nitrogen and oxygen atoms in total. The van der Waals surface area contributed by atoms with E-state index in [9.17, 15) is 4.79 Å². The smallest absolute Gasteiger partial charge is 0.224 e. The van der Waals surface area contributed by atoms with E-state index < -0.39 is 0 Å². The summed E-state index contributed by atoms with van der Waals surface area (Å²) in [5, 5.41) is 2.86. The van der Waals surface area contributed by atoms with Gasteiger partial charge in [0.15, 0.2) is 0 Å². The lowest BCUT2D eigenvalue weighted by atomic mass is 10.1. The third-order valence-corrected chi connectivity index (χ3v) is 2.20. The van der Waals surface area contributed by atoms with Crippen molar-refractivity contribution >= 4 is 17.4 Å². The summed E-state index contributed by atoms with van der Waals surface area (Å²) >= 11 is 0. The van der Waals surface area contributed by atoms with Crippen LogP contribution in [0.15, 0.2) is 12.1 Å². The van der Waals surface area contributed by atoms with Gasteiger partial charge in [0.05, 0.1) is 11.4 Å². The van der Waals surface area contributed by atoms with Crippen LogP contribution in [-0.4, -0.2) is 10.9 Å². The maximum atomic E-state index is 11.6. The van der Waals surface area contributed by atoms with Gasteiger partial charge in [0, 0.05) is 6.42 Å². The fourth-order valence-corrected chi connectivity index (χ4v) is 1.47. The van der Waals surface area contributed by atoms with Crippen LogP contribution >= 0.6 is 0 Å². The highest BCUT2D eigenvalue weighted by molar-refractivity contribution is 5.91. The summed E-state index contributed by atoms with van der Waals surface area (Å²) in [6.45, 7) is 6.02. The molecule has 4 heteroatoms. The number of aryl methyl sites for hydroxylation is 1. The molecule has 0 spiro atoms. The van der Waals surface area contributed by atoms with Crippen molar-refractivity contribution in [3.05, 3.63) is 17.8 Å². The summed E-state index contributed by atoms with van der Waals surface area (Å²) < 4.78 is 0. The Balaban J connectivity index is 2.76. The first-order valence-corrected chi connectivity index (χ1v) is 5.58. The Morgan fingerprint density at radius 2 is 2.19 bits per heavy atom. The first-order valence-electron chi connectivity index (χ1n) is 5.58. The number of pyridine rings is 1. The van der Waals surface area contributed by atoms with Crippen molar-refractivity contribution in [2.75, 3.05) is 11.1 Å². The van der Waals surface area contributed by atoms with Crippen LogP contribution in [-0.2, 0) is 11.2 Å². The molecule has 0 fully saturated rings. The highest BCUT2D eigenvalue weighted by Crippen LogP contribution is 2.16. The predicted octanol–water partition coefficient (Wildman–Crippen LogP) is 2.21. The first kappa shape index (κ1) is 12.5. The molecule has 0 radical (unpaired) electrons. The second-order valence-electron chi connectivity index (χ2n) is 4.23. The van der Waals surface area contributed by atoms with Gasteiger partial charge in [-0.05, 0) is 24.5 Å². The molecular formula is C12H19N3O. The summed E-state index contributed by atoms with van der Waals surface area (Å²) in [6.07, 6.45) is 1.27. The molecule has 0 unspecified atom stereocenters. The summed E-state index contributed by atoms with van der Waals surface area (Å²) in [4.78, 5) is 15.8. The molecule has 0 saturated heterocycles. The van der Waals surface area contributed by atoms with E-state index in [4.69, 9.17) is 5.73 Å². The highest BCUT2D eigenvalue weighted by Gasteiger charge is 2.08. The van der Waals surface area contributed by atoms with Crippen molar-refractivity contribution in [2.24, 2.45) is 5.92 Å². The van der Waals surface area contributed by atoms with Gasteiger partial charge in [0.25, 0.3) is 0 Å². The molecule has 1 rings (SSSR count). The lowest BCUT2D eigenvalue weighted by molar-refractivity contribution is -0.116. The molecule has 0 aliphatic rings. The Morgan fingerprint density at radius 1 is 1.50 bits per heavy atom. The SMILES string of the molecule is CCc1nc(N)ccc1NC(=O)CC(C)C. The lowest BCUT2D eigenvalue weighted by Gasteiger charge is -2.10. The number of rotatable bonds is 4. The van der Waals surface area contributed by atoms with E-state index in [0.29, 0.717) is 18.2 Å². The average molecular weight is 221 g/mol. The van der Waals surface area contributed by atoms with Crippen LogP contribution < -0.4 is 11.1 Å². The first-order chi connectivity index (χ1) is 7.52. The fourth-order valence-electron chi connectivity index (χ4n) is 1.47. The molecule has 16 heavy (non-hydrogen) atoms. The fraction of sp³-hybridized carbons (Fsp3) is 0.500. The minimum Gasteiger partial charge on any atom is -0.384 e. The van der Waals surface area contributed by atoms with Crippen molar-refractivity contribution in [1.82, 2.24) is 4.98 Å². The van der Waals surface area contributed by atoms with Crippen LogP contribution in [0.3, 0.4) is 0 Å². The van der Waals surface area contributed by atoms with Crippen LogP contribution in [0.1, 0.15) is 32.9 Å². The van der Waals surface area contributed by atoms with Gasteiger partial charge in [-0.2, -0.15) is 0 Å². The van der Waals surface area contributed by atoms with Crippen molar-refractivity contribution in [3.8, 4) is 0 Å². The number of nitrogen functional groups attached to an aromatic ring is 1. The quantitative estimate of drug-likeness (QED) is 0.819. The van der Waals surface area contributed by atoms with Crippen molar-refractivity contribution in [2.45, 2.75) is 33.6 Å². The Bertz CT molecular complexity index is 375. The van der Waals surface area contributed by atoms with E-state index >= 15 is 0 Å². The normalized spacial score (nSPS) is 10.5. The molecule has 0 atom stereocenters. The molecule has 1 aromatic heterocycles. The number of anilines is 2. The van der Waals surface area contributed by atoms with E-state index in [1.807, 2.05) is 20.8 Å². The molecule has 88 valence electrons. The maximum absolute atomic E-state index is 11.6. The maximum Gasteiger partial charge on any atom is 0.224 e. The second kappa shape index (κ2) is 5.49. The van der Waals surface area contributed by atoms with Crippen LogP contribution in [0.25, 0.3) is 0 Å². The molecule has 0 aliphatic heterocycles. The van der Waals surface area contributed by atoms with Gasteiger partial charge in [-0.25, -0.2) is 4.98 Å². The second-order valence-corrected chi connectivity index (χ2v) is 4.23. The zero-order chi connectivity index (χ0) is 12.1. The summed E-state index contributed by atoms with van der Waals surface area (Å²) in [6, 6.07) is 3.50. The Kier molecular flexibility index (Phi) is 4.28. The van der Waals surface area contributed by atoms with Crippen LogP contribution in [0.2, 0.25) is 0 Å². The number of carbonyl (C=O) groups is 1. The largest absolute Gasteiger partial charge is 0.384 e. The average Bonchev–Trinajstić information content (AvgIpc) is 2.19. The molecule has 0 aromatic carbocycles. The van der Waals surface area contributed by atoms with E-state index in [1.54, 1.807) is 12.1 Å². The van der Waals surface area contributed by atoms with Crippen LogP contribution in [0, 0.1) is 5.92 Å². The molecule has 3 N–H and O–H groups in total. The summed E-state index contributed by atoms with van der Waals surface area (Å²) in [5.41, 5.74) is 7.19. The predicted molar refractivity (Wildman–Crippen MR) is 66.1 cm³/mol. The molecule has 0 bridgehead atoms. The summed E-state index contributed by atoms with van der Waals surface area (Å²) in [5.74, 6) is 0.863. The molecule has 1 aromatic rings. The standard InChI is InChI=1S/C12H19N3O/c1-4-9-10(5-6-11(13)14-9)15-12(16)7-8(2)3/h5-6,8H,4,7H2,1-3H3,(H2,13,14)(H,15,16).